The highest BCUT2D eigenvalue weighted by Gasteiger charge is 2.15. The average Bonchev–Trinajstić information content (AvgIpc) is 3.19. The van der Waals surface area contributed by atoms with Crippen molar-refractivity contribution in [3.63, 3.8) is 0 Å². The van der Waals surface area contributed by atoms with Crippen molar-refractivity contribution < 1.29 is 4.79 Å². The van der Waals surface area contributed by atoms with E-state index in [2.05, 4.69) is 20.5 Å². The fourth-order valence-electron chi connectivity index (χ4n) is 2.41. The molecule has 0 radical (unpaired) electrons. The maximum absolute atomic E-state index is 12.4. The Morgan fingerprint density at radius 2 is 1.96 bits per heavy atom. The van der Waals surface area contributed by atoms with Crippen molar-refractivity contribution in [1.82, 2.24) is 29.9 Å². The number of hydrogen-bond acceptors (Lipinski definition) is 4. The van der Waals surface area contributed by atoms with Crippen LogP contribution in [0.15, 0.2) is 43.1 Å². The molecule has 0 bridgehead atoms. The zero-order chi connectivity index (χ0) is 16.4. The van der Waals surface area contributed by atoms with Gasteiger partial charge < -0.3 is 5.32 Å². The maximum Gasteiger partial charge on any atom is 0.251 e. The number of carbonyl (C=O) groups is 1. The summed E-state index contributed by atoms with van der Waals surface area (Å²) in [4.78, 5) is 16.3. The quantitative estimate of drug-likeness (QED) is 0.797. The van der Waals surface area contributed by atoms with Crippen molar-refractivity contribution in [1.29, 1.82) is 0 Å². The first-order valence-corrected chi connectivity index (χ1v) is 7.30. The fourth-order valence-corrected chi connectivity index (χ4v) is 2.41. The summed E-state index contributed by atoms with van der Waals surface area (Å²) in [6, 6.07) is 7.11. The van der Waals surface area contributed by atoms with Crippen molar-refractivity contribution in [2.45, 2.75) is 19.9 Å². The molecule has 0 unspecified atom stereocenters. The van der Waals surface area contributed by atoms with Crippen LogP contribution in [0.3, 0.4) is 0 Å². The van der Waals surface area contributed by atoms with Crippen LogP contribution >= 0.6 is 0 Å². The molecule has 1 amide bonds. The Bertz CT molecular complexity index is 804. The van der Waals surface area contributed by atoms with E-state index in [1.165, 1.54) is 6.33 Å². The van der Waals surface area contributed by atoms with Gasteiger partial charge in [-0.2, -0.15) is 10.2 Å². The highest BCUT2D eigenvalue weighted by atomic mass is 16.1. The van der Waals surface area contributed by atoms with Crippen LogP contribution in [-0.2, 0) is 7.05 Å². The first-order valence-electron chi connectivity index (χ1n) is 7.30. The molecular formula is C16H18N6O. The summed E-state index contributed by atoms with van der Waals surface area (Å²) in [7, 11) is 1.89. The second-order valence-electron chi connectivity index (χ2n) is 5.39. The second-order valence-corrected chi connectivity index (χ2v) is 5.39. The predicted molar refractivity (Wildman–Crippen MR) is 85.2 cm³/mol. The fraction of sp³-hybridized carbons (Fsp3) is 0.250. The van der Waals surface area contributed by atoms with E-state index in [0.717, 1.165) is 16.9 Å². The summed E-state index contributed by atoms with van der Waals surface area (Å²) in [5, 5.41) is 11.3. The van der Waals surface area contributed by atoms with E-state index in [9.17, 15) is 4.79 Å². The zero-order valence-electron chi connectivity index (χ0n) is 13.3. The van der Waals surface area contributed by atoms with Gasteiger partial charge in [0.2, 0.25) is 0 Å². The van der Waals surface area contributed by atoms with Gasteiger partial charge in [-0.25, -0.2) is 9.67 Å². The molecule has 3 aromatic rings. The molecule has 0 aliphatic heterocycles. The van der Waals surface area contributed by atoms with Crippen LogP contribution in [0.1, 0.15) is 34.6 Å². The van der Waals surface area contributed by atoms with E-state index in [4.69, 9.17) is 0 Å². The number of aromatic nitrogens is 5. The number of carbonyl (C=O) groups excluding carboxylic acids is 1. The van der Waals surface area contributed by atoms with Crippen LogP contribution in [0.25, 0.3) is 5.69 Å². The highest BCUT2D eigenvalue weighted by molar-refractivity contribution is 5.94. The Balaban J connectivity index is 1.72. The minimum Gasteiger partial charge on any atom is -0.345 e. The van der Waals surface area contributed by atoms with Gasteiger partial charge in [-0.05, 0) is 38.1 Å². The Morgan fingerprint density at radius 3 is 2.52 bits per heavy atom. The van der Waals surface area contributed by atoms with Gasteiger partial charge in [0.25, 0.3) is 5.91 Å². The van der Waals surface area contributed by atoms with Crippen molar-refractivity contribution in [2.75, 3.05) is 0 Å². The van der Waals surface area contributed by atoms with Crippen LogP contribution in [0.5, 0.6) is 0 Å². The molecule has 0 spiro atoms. The Hall–Kier alpha value is -2.96. The SMILES string of the molecule is Cc1c([C@H](C)NC(=O)c2ccc(-n3cncn3)cc2)cnn1C. The van der Waals surface area contributed by atoms with Crippen LogP contribution in [-0.4, -0.2) is 30.5 Å². The molecule has 1 N–H and O–H groups in total. The van der Waals surface area contributed by atoms with E-state index in [-0.39, 0.29) is 11.9 Å². The molecule has 0 saturated heterocycles. The Labute approximate surface area is 134 Å². The zero-order valence-corrected chi connectivity index (χ0v) is 13.3. The normalized spacial score (nSPS) is 12.1. The first-order chi connectivity index (χ1) is 11.1. The number of nitrogens with zero attached hydrogens (tertiary/aromatic N) is 5. The molecule has 7 heteroatoms. The molecule has 2 heterocycles. The van der Waals surface area contributed by atoms with Gasteiger partial charge in [0.1, 0.15) is 12.7 Å². The lowest BCUT2D eigenvalue weighted by Crippen LogP contribution is -2.26. The highest BCUT2D eigenvalue weighted by Crippen LogP contribution is 2.17. The summed E-state index contributed by atoms with van der Waals surface area (Å²) >= 11 is 0. The van der Waals surface area contributed by atoms with Gasteiger partial charge in [-0.15, -0.1) is 0 Å². The van der Waals surface area contributed by atoms with Crippen molar-refractivity contribution in [3.05, 3.63) is 59.9 Å². The van der Waals surface area contributed by atoms with Gasteiger partial charge in [-0.1, -0.05) is 0 Å². The van der Waals surface area contributed by atoms with Gasteiger partial charge in [0, 0.05) is 23.9 Å². The maximum atomic E-state index is 12.4. The first kappa shape index (κ1) is 15.0. The summed E-state index contributed by atoms with van der Waals surface area (Å²) < 4.78 is 3.44. The van der Waals surface area contributed by atoms with E-state index >= 15 is 0 Å². The molecule has 118 valence electrons. The monoisotopic (exact) mass is 310 g/mol. The third-order valence-electron chi connectivity index (χ3n) is 3.90. The summed E-state index contributed by atoms with van der Waals surface area (Å²) in [6.07, 6.45) is 4.87. The van der Waals surface area contributed by atoms with Crippen molar-refractivity contribution in [2.24, 2.45) is 7.05 Å². The molecule has 1 aromatic carbocycles. The number of amides is 1. The van der Waals surface area contributed by atoms with E-state index in [1.54, 1.807) is 34.0 Å². The molecule has 23 heavy (non-hydrogen) atoms. The molecule has 0 fully saturated rings. The number of aryl methyl sites for hydroxylation is 1. The topological polar surface area (TPSA) is 77.6 Å². The van der Waals surface area contributed by atoms with Gasteiger partial charge >= 0.3 is 0 Å². The lowest BCUT2D eigenvalue weighted by atomic mass is 10.1. The molecule has 3 rings (SSSR count). The van der Waals surface area contributed by atoms with Crippen LogP contribution < -0.4 is 5.32 Å². The predicted octanol–water partition coefficient (Wildman–Crippen LogP) is 1.80. The Morgan fingerprint density at radius 1 is 1.22 bits per heavy atom. The molecule has 0 aliphatic rings. The van der Waals surface area contributed by atoms with Crippen LogP contribution in [0.2, 0.25) is 0 Å². The molecule has 0 aliphatic carbocycles. The lowest BCUT2D eigenvalue weighted by molar-refractivity contribution is 0.0940. The minimum absolute atomic E-state index is 0.105. The number of rotatable bonds is 4. The van der Waals surface area contributed by atoms with E-state index < -0.39 is 0 Å². The minimum atomic E-state index is -0.120. The standard InChI is InChI=1S/C16H18N6O/c1-11(15-8-18-21(3)12(15)2)20-16(23)13-4-6-14(7-5-13)22-10-17-9-19-22/h4-11H,1-3H3,(H,20,23)/t11-/m0/s1. The van der Waals surface area contributed by atoms with Crippen molar-refractivity contribution >= 4 is 5.91 Å². The molecule has 0 saturated carbocycles. The lowest BCUT2D eigenvalue weighted by Gasteiger charge is -2.14. The summed E-state index contributed by atoms with van der Waals surface area (Å²) in [6.45, 7) is 3.93. The third kappa shape index (κ3) is 2.98. The molecule has 7 nitrogen and oxygen atoms in total. The summed E-state index contributed by atoms with van der Waals surface area (Å²) in [5.74, 6) is -0.120. The molecular weight excluding hydrogens is 292 g/mol. The number of nitrogens with one attached hydrogen (secondary N) is 1. The second kappa shape index (κ2) is 6.04. The van der Waals surface area contributed by atoms with Gasteiger partial charge in [0.05, 0.1) is 17.9 Å². The summed E-state index contributed by atoms with van der Waals surface area (Å²) in [5.41, 5.74) is 3.51. The number of benzene rings is 1. The van der Waals surface area contributed by atoms with E-state index in [1.807, 2.05) is 33.0 Å². The van der Waals surface area contributed by atoms with Crippen LogP contribution in [0.4, 0.5) is 0 Å². The largest absolute Gasteiger partial charge is 0.345 e. The molecule has 2 aromatic heterocycles. The van der Waals surface area contributed by atoms with Crippen LogP contribution in [0, 0.1) is 6.92 Å². The van der Waals surface area contributed by atoms with Gasteiger partial charge in [-0.3, -0.25) is 9.48 Å². The molecule has 1 atom stereocenters. The smallest absolute Gasteiger partial charge is 0.251 e. The van der Waals surface area contributed by atoms with E-state index in [0.29, 0.717) is 5.56 Å². The number of hydrogen-bond donors (Lipinski definition) is 1. The third-order valence-corrected chi connectivity index (χ3v) is 3.90. The Kier molecular flexibility index (Phi) is 3.92. The van der Waals surface area contributed by atoms with Gasteiger partial charge in [0.15, 0.2) is 0 Å². The van der Waals surface area contributed by atoms with Crippen molar-refractivity contribution in [3.8, 4) is 5.69 Å². The average molecular weight is 310 g/mol.